The van der Waals surface area contributed by atoms with Gasteiger partial charge in [0.25, 0.3) is 12.3 Å². The fraction of sp³-hybridized carbons (Fsp3) is 0.600. The molecule has 1 heterocycles. The molecule has 1 aromatic carbocycles. The van der Waals surface area contributed by atoms with Crippen LogP contribution in [-0.2, 0) is 14.3 Å². The molecule has 32 heavy (non-hydrogen) atoms. The molecule has 12 heteroatoms. The van der Waals surface area contributed by atoms with Crippen LogP contribution in [0.4, 0.5) is 33.3 Å². The monoisotopic (exact) mass is 464 g/mol. The van der Waals surface area contributed by atoms with Gasteiger partial charge in [-0.1, -0.05) is 0 Å². The number of rotatable bonds is 9. The molecule has 1 saturated heterocycles. The summed E-state index contributed by atoms with van der Waals surface area (Å²) >= 11 is 0. The lowest BCUT2D eigenvalue weighted by atomic mass is 10.1. The van der Waals surface area contributed by atoms with E-state index in [-0.39, 0.29) is 50.1 Å². The number of nitrogens with two attached hydrogens (primary N) is 1. The minimum Gasteiger partial charge on any atom is -0.370 e. The van der Waals surface area contributed by atoms with Crippen LogP contribution in [0.5, 0.6) is 0 Å². The Balaban J connectivity index is 1.78. The number of carbonyl (C=O) groups is 2. The molecule has 0 radical (unpaired) electrons. The summed E-state index contributed by atoms with van der Waals surface area (Å²) in [7, 11) is 0. The van der Waals surface area contributed by atoms with Gasteiger partial charge >= 0.3 is 6.18 Å². The Bertz CT molecular complexity index is 832. The Hall–Kier alpha value is -2.31. The molecule has 0 bridgehead atoms. The molecule has 1 atom stereocenters. The summed E-state index contributed by atoms with van der Waals surface area (Å²) < 4.78 is 71.4. The van der Waals surface area contributed by atoms with Gasteiger partial charge in [0, 0.05) is 30.9 Å². The first-order chi connectivity index (χ1) is 15.1. The maximum atomic E-state index is 13.7. The van der Waals surface area contributed by atoms with Gasteiger partial charge < -0.3 is 20.7 Å². The van der Waals surface area contributed by atoms with Crippen LogP contribution in [0, 0.1) is 5.92 Å². The number of hydrogen-bond donors (Lipinski definition) is 2. The third kappa shape index (κ3) is 6.36. The van der Waals surface area contributed by atoms with Crippen LogP contribution < -0.4 is 16.0 Å². The number of morpholine rings is 1. The van der Waals surface area contributed by atoms with Gasteiger partial charge in [-0.25, -0.2) is 8.78 Å². The first-order valence-electron chi connectivity index (χ1n) is 10.2. The molecule has 1 aromatic rings. The van der Waals surface area contributed by atoms with E-state index in [1.165, 1.54) is 17.0 Å². The van der Waals surface area contributed by atoms with E-state index in [1.807, 2.05) is 0 Å². The van der Waals surface area contributed by atoms with Crippen LogP contribution in [0.1, 0.15) is 24.8 Å². The van der Waals surface area contributed by atoms with E-state index in [1.54, 1.807) is 0 Å². The lowest BCUT2D eigenvalue weighted by molar-refractivity contribution is -0.154. The SMILES string of the molecule is NC[C@@H](C(=O)Nc1ccc(N2CCOCC2=O)c(C(F)F)c1)N(CC1CC1)CC(F)(F)F. The Labute approximate surface area is 181 Å². The Morgan fingerprint density at radius 1 is 1.31 bits per heavy atom. The summed E-state index contributed by atoms with van der Waals surface area (Å²) in [5, 5.41) is 2.40. The maximum absolute atomic E-state index is 13.7. The van der Waals surface area contributed by atoms with Crippen molar-refractivity contribution in [3.8, 4) is 0 Å². The number of ether oxygens (including phenoxy) is 1. The summed E-state index contributed by atoms with van der Waals surface area (Å²) in [6, 6.07) is 2.34. The van der Waals surface area contributed by atoms with Crippen LogP contribution >= 0.6 is 0 Å². The van der Waals surface area contributed by atoms with Crippen molar-refractivity contribution < 1.29 is 36.3 Å². The quantitative estimate of drug-likeness (QED) is 0.549. The summed E-state index contributed by atoms with van der Waals surface area (Å²) in [5.41, 5.74) is 5.11. The number of amides is 2. The van der Waals surface area contributed by atoms with Gasteiger partial charge in [-0.3, -0.25) is 14.5 Å². The lowest BCUT2D eigenvalue weighted by Crippen LogP contribution is -2.52. The number of alkyl halides is 5. The Kier molecular flexibility index (Phi) is 7.67. The summed E-state index contributed by atoms with van der Waals surface area (Å²) in [6.07, 6.45) is -5.89. The van der Waals surface area contributed by atoms with Gasteiger partial charge in [0.15, 0.2) is 0 Å². The fourth-order valence-corrected chi connectivity index (χ4v) is 3.64. The third-order valence-corrected chi connectivity index (χ3v) is 5.35. The molecule has 7 nitrogen and oxygen atoms in total. The highest BCUT2D eigenvalue weighted by atomic mass is 19.4. The minimum absolute atomic E-state index is 0.00546. The van der Waals surface area contributed by atoms with Gasteiger partial charge in [-0.05, 0) is 37.0 Å². The van der Waals surface area contributed by atoms with E-state index in [2.05, 4.69) is 5.32 Å². The molecule has 1 saturated carbocycles. The number of nitrogens with zero attached hydrogens (tertiary/aromatic N) is 2. The first-order valence-corrected chi connectivity index (χ1v) is 10.2. The average molecular weight is 464 g/mol. The van der Waals surface area contributed by atoms with Crippen LogP contribution in [0.15, 0.2) is 18.2 Å². The molecule has 3 N–H and O–H groups in total. The molecule has 3 rings (SSSR count). The van der Waals surface area contributed by atoms with Crippen molar-refractivity contribution in [3.05, 3.63) is 23.8 Å². The van der Waals surface area contributed by atoms with E-state index >= 15 is 0 Å². The normalized spacial score (nSPS) is 18.4. The van der Waals surface area contributed by atoms with Gasteiger partial charge in [-0.15, -0.1) is 0 Å². The molecule has 1 aliphatic heterocycles. The van der Waals surface area contributed by atoms with E-state index in [9.17, 15) is 31.5 Å². The van der Waals surface area contributed by atoms with E-state index in [0.29, 0.717) is 0 Å². The molecule has 1 aliphatic carbocycles. The van der Waals surface area contributed by atoms with Crippen LogP contribution in [0.2, 0.25) is 0 Å². The first kappa shape index (κ1) is 24.3. The van der Waals surface area contributed by atoms with Crippen molar-refractivity contribution in [2.45, 2.75) is 31.5 Å². The second kappa shape index (κ2) is 10.1. The van der Waals surface area contributed by atoms with E-state index < -0.39 is 42.6 Å². The molecule has 2 fully saturated rings. The van der Waals surface area contributed by atoms with Gasteiger partial charge in [0.05, 0.1) is 18.8 Å². The zero-order valence-corrected chi connectivity index (χ0v) is 17.2. The molecule has 2 amide bonds. The zero-order valence-electron chi connectivity index (χ0n) is 17.2. The Morgan fingerprint density at radius 2 is 2.03 bits per heavy atom. The molecule has 0 aromatic heterocycles. The van der Waals surface area contributed by atoms with Crippen molar-refractivity contribution in [1.29, 1.82) is 0 Å². The maximum Gasteiger partial charge on any atom is 0.401 e. The molecule has 0 unspecified atom stereocenters. The average Bonchev–Trinajstić information content (AvgIpc) is 3.52. The smallest absolute Gasteiger partial charge is 0.370 e. The van der Waals surface area contributed by atoms with Crippen molar-refractivity contribution in [3.63, 3.8) is 0 Å². The number of hydrogen-bond acceptors (Lipinski definition) is 5. The molecular formula is C20H25F5N4O3. The number of anilines is 2. The van der Waals surface area contributed by atoms with Crippen LogP contribution in [-0.4, -0.2) is 68.3 Å². The highest BCUT2D eigenvalue weighted by Crippen LogP contribution is 2.34. The highest BCUT2D eigenvalue weighted by molar-refractivity contribution is 5.97. The van der Waals surface area contributed by atoms with Crippen molar-refractivity contribution >= 4 is 23.2 Å². The van der Waals surface area contributed by atoms with E-state index in [0.717, 1.165) is 23.8 Å². The molecular weight excluding hydrogens is 439 g/mol. The number of halogens is 5. The van der Waals surface area contributed by atoms with Crippen molar-refractivity contribution in [2.24, 2.45) is 11.7 Å². The minimum atomic E-state index is -4.52. The van der Waals surface area contributed by atoms with Crippen LogP contribution in [0.3, 0.4) is 0 Å². The largest absolute Gasteiger partial charge is 0.401 e. The summed E-state index contributed by atoms with van der Waals surface area (Å²) in [5.74, 6) is -1.20. The van der Waals surface area contributed by atoms with E-state index in [4.69, 9.17) is 10.5 Å². The highest BCUT2D eigenvalue weighted by Gasteiger charge is 2.38. The number of nitrogens with one attached hydrogen (secondary N) is 1. The standard InChI is InChI=1S/C20H25F5N4O3/c21-18(22)14-7-13(3-4-15(14)29-5-6-32-10-17(29)30)27-19(31)16(8-26)28(9-12-1-2-12)11-20(23,24)25/h3-4,7,12,16,18H,1-2,5-6,8-11,26H2,(H,27,31)/t16-/m0/s1. The van der Waals surface area contributed by atoms with Crippen molar-refractivity contribution in [2.75, 3.05) is 49.6 Å². The van der Waals surface area contributed by atoms with Gasteiger partial charge in [0.1, 0.15) is 12.6 Å². The zero-order chi connectivity index (χ0) is 23.5. The lowest BCUT2D eigenvalue weighted by Gasteiger charge is -2.31. The topological polar surface area (TPSA) is 87.9 Å². The van der Waals surface area contributed by atoms with Crippen LogP contribution in [0.25, 0.3) is 0 Å². The molecule has 2 aliphatic rings. The molecule has 0 spiro atoms. The predicted molar refractivity (Wildman–Crippen MR) is 106 cm³/mol. The third-order valence-electron chi connectivity index (χ3n) is 5.35. The van der Waals surface area contributed by atoms with Gasteiger partial charge in [0.2, 0.25) is 5.91 Å². The number of carbonyl (C=O) groups excluding carboxylic acids is 2. The second-order valence-corrected chi connectivity index (χ2v) is 7.90. The predicted octanol–water partition coefficient (Wildman–Crippen LogP) is 2.53. The molecule has 178 valence electrons. The van der Waals surface area contributed by atoms with Gasteiger partial charge in [-0.2, -0.15) is 13.2 Å². The number of benzene rings is 1. The second-order valence-electron chi connectivity index (χ2n) is 7.90. The van der Waals surface area contributed by atoms with Crippen molar-refractivity contribution in [1.82, 2.24) is 4.90 Å². The fourth-order valence-electron chi connectivity index (χ4n) is 3.64. The summed E-state index contributed by atoms with van der Waals surface area (Å²) in [4.78, 5) is 26.9. The summed E-state index contributed by atoms with van der Waals surface area (Å²) in [6.45, 7) is -1.51. The Morgan fingerprint density at radius 3 is 2.59 bits per heavy atom.